The number of ether oxygens (including phenoxy) is 1. The minimum Gasteiger partial charge on any atom is -0.494 e. The minimum atomic E-state index is -0.120. The van der Waals surface area contributed by atoms with Gasteiger partial charge in [0.1, 0.15) is 5.75 Å². The molecular formula is C19H18N2O2S. The summed E-state index contributed by atoms with van der Waals surface area (Å²) >= 11 is 1.35. The Bertz CT molecular complexity index is 793. The Kier molecular flexibility index (Phi) is 5.01. The Morgan fingerprint density at radius 2 is 1.83 bits per heavy atom. The van der Waals surface area contributed by atoms with Gasteiger partial charge in [0.05, 0.1) is 17.2 Å². The smallest absolute Gasteiger partial charge is 0.264 e. The molecule has 1 amide bonds. The van der Waals surface area contributed by atoms with Crippen LogP contribution in [0.2, 0.25) is 0 Å². The molecule has 0 saturated carbocycles. The molecule has 0 atom stereocenters. The van der Waals surface area contributed by atoms with Crippen LogP contribution in [0.5, 0.6) is 5.75 Å². The number of aliphatic imine (C=N–C) groups is 1. The molecule has 0 spiro atoms. The van der Waals surface area contributed by atoms with E-state index in [1.165, 1.54) is 17.3 Å². The number of amidine groups is 1. The van der Waals surface area contributed by atoms with Gasteiger partial charge >= 0.3 is 0 Å². The number of hydrogen-bond acceptors (Lipinski definition) is 4. The molecule has 0 bridgehead atoms. The number of rotatable bonds is 4. The van der Waals surface area contributed by atoms with Crippen LogP contribution in [0.1, 0.15) is 18.1 Å². The molecule has 0 unspecified atom stereocenters. The Labute approximate surface area is 145 Å². The van der Waals surface area contributed by atoms with Gasteiger partial charge in [-0.3, -0.25) is 4.79 Å². The molecular weight excluding hydrogens is 320 g/mol. The van der Waals surface area contributed by atoms with Crippen molar-refractivity contribution < 1.29 is 9.53 Å². The lowest BCUT2D eigenvalue weighted by Gasteiger charge is -2.02. The molecule has 0 radical (unpaired) electrons. The zero-order chi connectivity index (χ0) is 16.9. The van der Waals surface area contributed by atoms with Crippen molar-refractivity contribution in [1.29, 1.82) is 0 Å². The third kappa shape index (κ3) is 4.06. The van der Waals surface area contributed by atoms with Crippen LogP contribution in [0.4, 0.5) is 5.69 Å². The third-order valence-electron chi connectivity index (χ3n) is 3.40. The van der Waals surface area contributed by atoms with Crippen molar-refractivity contribution in [2.24, 2.45) is 4.99 Å². The molecule has 1 saturated heterocycles. The summed E-state index contributed by atoms with van der Waals surface area (Å²) in [4.78, 5) is 17.2. The maximum Gasteiger partial charge on any atom is 0.264 e. The molecule has 0 aliphatic carbocycles. The summed E-state index contributed by atoms with van der Waals surface area (Å²) in [6, 6.07) is 15.5. The van der Waals surface area contributed by atoms with Crippen LogP contribution >= 0.6 is 11.8 Å². The van der Waals surface area contributed by atoms with E-state index in [1.807, 2.05) is 68.5 Å². The summed E-state index contributed by atoms with van der Waals surface area (Å²) in [5, 5.41) is 3.38. The predicted octanol–water partition coefficient (Wildman–Crippen LogP) is 4.29. The number of benzene rings is 2. The van der Waals surface area contributed by atoms with E-state index in [1.54, 1.807) is 0 Å². The van der Waals surface area contributed by atoms with Gasteiger partial charge in [0.25, 0.3) is 5.91 Å². The molecule has 1 fully saturated rings. The second-order valence-electron chi connectivity index (χ2n) is 5.32. The standard InChI is InChI=1S/C19H18N2O2S/c1-3-23-16-10-8-15(9-11-16)20-19-21-18(22)17(24-19)12-14-6-4-13(2)5-7-14/h4-12H,3H2,1-2H3,(H,20,21,22). The lowest BCUT2D eigenvalue weighted by Crippen LogP contribution is -2.19. The first-order chi connectivity index (χ1) is 11.6. The van der Waals surface area contributed by atoms with Crippen molar-refractivity contribution >= 4 is 34.6 Å². The van der Waals surface area contributed by atoms with Crippen molar-refractivity contribution in [3.8, 4) is 5.75 Å². The number of hydrogen-bond donors (Lipinski definition) is 1. The van der Waals surface area contributed by atoms with Crippen LogP contribution in [0.25, 0.3) is 6.08 Å². The highest BCUT2D eigenvalue weighted by atomic mass is 32.2. The number of carbonyl (C=O) groups excluding carboxylic acids is 1. The summed E-state index contributed by atoms with van der Waals surface area (Å²) in [5.41, 5.74) is 2.97. The van der Waals surface area contributed by atoms with E-state index in [9.17, 15) is 4.79 Å². The van der Waals surface area contributed by atoms with Crippen molar-refractivity contribution in [3.63, 3.8) is 0 Å². The van der Waals surface area contributed by atoms with E-state index < -0.39 is 0 Å². The molecule has 0 aromatic heterocycles. The van der Waals surface area contributed by atoms with E-state index in [0.717, 1.165) is 17.0 Å². The molecule has 3 rings (SSSR count). The normalized spacial score (nSPS) is 17.3. The number of thioether (sulfide) groups is 1. The van der Waals surface area contributed by atoms with E-state index in [-0.39, 0.29) is 5.91 Å². The lowest BCUT2D eigenvalue weighted by atomic mass is 10.1. The van der Waals surface area contributed by atoms with Crippen molar-refractivity contribution in [1.82, 2.24) is 5.32 Å². The Morgan fingerprint density at radius 1 is 1.12 bits per heavy atom. The fourth-order valence-electron chi connectivity index (χ4n) is 2.20. The number of carbonyl (C=O) groups is 1. The van der Waals surface area contributed by atoms with Gasteiger partial charge in [0.2, 0.25) is 0 Å². The maximum atomic E-state index is 12.1. The molecule has 1 heterocycles. The van der Waals surface area contributed by atoms with E-state index >= 15 is 0 Å². The average molecular weight is 338 g/mol. The third-order valence-corrected chi connectivity index (χ3v) is 4.31. The van der Waals surface area contributed by atoms with Crippen molar-refractivity contribution in [2.45, 2.75) is 13.8 Å². The zero-order valence-electron chi connectivity index (χ0n) is 13.6. The predicted molar refractivity (Wildman–Crippen MR) is 99.6 cm³/mol. The van der Waals surface area contributed by atoms with Crippen molar-refractivity contribution in [2.75, 3.05) is 6.61 Å². The van der Waals surface area contributed by atoms with Gasteiger partial charge in [-0.1, -0.05) is 29.8 Å². The summed E-state index contributed by atoms with van der Waals surface area (Å²) in [5.74, 6) is 0.690. The largest absolute Gasteiger partial charge is 0.494 e. The average Bonchev–Trinajstić information content (AvgIpc) is 2.91. The quantitative estimate of drug-likeness (QED) is 0.846. The van der Waals surface area contributed by atoms with Gasteiger partial charge < -0.3 is 10.1 Å². The second-order valence-corrected chi connectivity index (χ2v) is 6.35. The Hall–Kier alpha value is -2.53. The molecule has 2 aromatic rings. The first-order valence-electron chi connectivity index (χ1n) is 7.73. The first-order valence-corrected chi connectivity index (χ1v) is 8.55. The lowest BCUT2D eigenvalue weighted by molar-refractivity contribution is -0.115. The van der Waals surface area contributed by atoms with E-state index in [2.05, 4.69) is 10.3 Å². The molecule has 2 aromatic carbocycles. The maximum absolute atomic E-state index is 12.1. The fourth-order valence-corrected chi connectivity index (χ4v) is 3.04. The molecule has 5 heteroatoms. The van der Waals surface area contributed by atoms with Gasteiger partial charge in [-0.2, -0.15) is 0 Å². The summed E-state index contributed by atoms with van der Waals surface area (Å²) in [7, 11) is 0. The van der Waals surface area contributed by atoms with Crippen LogP contribution in [-0.2, 0) is 4.79 Å². The fraction of sp³-hybridized carbons (Fsp3) is 0.158. The number of amides is 1. The van der Waals surface area contributed by atoms with Crippen molar-refractivity contribution in [3.05, 3.63) is 64.6 Å². The van der Waals surface area contributed by atoms with Crippen LogP contribution < -0.4 is 10.1 Å². The zero-order valence-corrected chi connectivity index (χ0v) is 14.4. The Balaban J connectivity index is 1.75. The topological polar surface area (TPSA) is 50.7 Å². The van der Waals surface area contributed by atoms with E-state index in [0.29, 0.717) is 16.7 Å². The Morgan fingerprint density at radius 3 is 2.50 bits per heavy atom. The second kappa shape index (κ2) is 7.36. The molecule has 1 aliphatic rings. The van der Waals surface area contributed by atoms with Crippen LogP contribution in [0.15, 0.2) is 58.4 Å². The highest BCUT2D eigenvalue weighted by molar-refractivity contribution is 8.18. The number of nitrogens with zero attached hydrogens (tertiary/aromatic N) is 1. The monoisotopic (exact) mass is 338 g/mol. The minimum absolute atomic E-state index is 0.120. The summed E-state index contributed by atoms with van der Waals surface area (Å²) < 4.78 is 5.41. The van der Waals surface area contributed by atoms with Gasteiger partial charge in [0.15, 0.2) is 5.17 Å². The van der Waals surface area contributed by atoms with Crippen LogP contribution in [-0.4, -0.2) is 17.7 Å². The molecule has 1 aliphatic heterocycles. The van der Waals surface area contributed by atoms with Gasteiger partial charge in [-0.15, -0.1) is 0 Å². The number of aryl methyl sites for hydroxylation is 1. The molecule has 1 N–H and O–H groups in total. The summed E-state index contributed by atoms with van der Waals surface area (Å²) in [6.07, 6.45) is 1.88. The van der Waals surface area contributed by atoms with E-state index in [4.69, 9.17) is 4.74 Å². The van der Waals surface area contributed by atoms with Crippen LogP contribution in [0, 0.1) is 6.92 Å². The highest BCUT2D eigenvalue weighted by Gasteiger charge is 2.23. The SMILES string of the molecule is CCOc1ccc(N=C2NC(=O)C(=Cc3ccc(C)cc3)S2)cc1. The molecule has 122 valence electrons. The highest BCUT2D eigenvalue weighted by Crippen LogP contribution is 2.28. The van der Waals surface area contributed by atoms with Gasteiger partial charge in [-0.05, 0) is 61.5 Å². The first kappa shape index (κ1) is 16.3. The summed E-state index contributed by atoms with van der Waals surface area (Å²) in [6.45, 7) is 4.61. The number of nitrogens with one attached hydrogen (secondary N) is 1. The van der Waals surface area contributed by atoms with Gasteiger partial charge in [-0.25, -0.2) is 4.99 Å². The molecule has 24 heavy (non-hydrogen) atoms. The van der Waals surface area contributed by atoms with Crippen LogP contribution in [0.3, 0.4) is 0 Å². The van der Waals surface area contributed by atoms with Gasteiger partial charge in [0, 0.05) is 0 Å². The molecule has 4 nitrogen and oxygen atoms in total.